The van der Waals surface area contributed by atoms with Gasteiger partial charge in [-0.1, -0.05) is 0 Å². The third-order valence-corrected chi connectivity index (χ3v) is 12.4. The van der Waals surface area contributed by atoms with Gasteiger partial charge in [0.25, 0.3) is 0 Å². The first-order valence-corrected chi connectivity index (χ1v) is 19.4. The Morgan fingerprint density at radius 3 is 0.979 bits per heavy atom. The van der Waals surface area contributed by atoms with Crippen LogP contribution in [0.5, 0.6) is 5.75 Å². The number of aryl methyl sites for hydroxylation is 1. The van der Waals surface area contributed by atoms with Crippen LogP contribution in [-0.4, -0.2) is 9.79 Å². The Bertz CT molecular complexity index is 1520. The third kappa shape index (κ3) is 8.01. The predicted octanol–water partition coefficient (Wildman–Crippen LogP) is 11.1. The molecule has 0 radical (unpaired) electrons. The van der Waals surface area contributed by atoms with Crippen molar-refractivity contribution in [2.24, 2.45) is 0 Å². The van der Waals surface area contributed by atoms with Crippen LogP contribution in [0.15, 0.2) is 48.5 Å². The molecule has 0 heterocycles. The van der Waals surface area contributed by atoms with Crippen molar-refractivity contribution in [3.63, 3.8) is 0 Å². The Morgan fingerprint density at radius 2 is 0.723 bits per heavy atom. The second-order valence-electron chi connectivity index (χ2n) is 20.2. The molecular formula is C43H67O3P. The molecule has 4 heteroatoms. The Hall–Kier alpha value is -2.19. The molecule has 2 N–H and O–H groups in total. The third-order valence-electron chi connectivity index (χ3n) is 9.32. The Balaban J connectivity index is 2.73. The zero-order valence-corrected chi connectivity index (χ0v) is 34.3. The zero-order valence-electron chi connectivity index (χ0n) is 33.4. The quantitative estimate of drug-likeness (QED) is 0.273. The molecule has 262 valence electrons. The van der Waals surface area contributed by atoms with E-state index in [-0.39, 0.29) is 21.7 Å². The molecule has 0 aliphatic rings. The van der Waals surface area contributed by atoms with Gasteiger partial charge >= 0.3 is 289 Å². The fourth-order valence-electron chi connectivity index (χ4n) is 6.30. The summed E-state index contributed by atoms with van der Waals surface area (Å²) < 4.78 is 7.30. The summed E-state index contributed by atoms with van der Waals surface area (Å²) in [6.07, 6.45) is 0. The first kappa shape index (κ1) is 39.3. The van der Waals surface area contributed by atoms with Gasteiger partial charge in [-0.2, -0.15) is 0 Å². The van der Waals surface area contributed by atoms with Gasteiger partial charge in [-0.05, 0) is 0 Å². The van der Waals surface area contributed by atoms with Crippen LogP contribution in [0.4, 0.5) is 0 Å². The van der Waals surface area contributed by atoms with Crippen molar-refractivity contribution in [3.8, 4) is 5.75 Å². The van der Waals surface area contributed by atoms with Gasteiger partial charge in [-0.25, -0.2) is 0 Å². The molecule has 0 saturated carbocycles. The predicted molar refractivity (Wildman–Crippen MR) is 208 cm³/mol. The second kappa shape index (κ2) is 11.7. The normalized spacial score (nSPS) is 15.0. The summed E-state index contributed by atoms with van der Waals surface area (Å²) in [5, 5.41) is 0.927. The zero-order chi connectivity index (χ0) is 36.6. The molecule has 0 aliphatic carbocycles. The standard InChI is InChI=1S/C43H67O3P/c1-28-24-33(42(14,15)16)37(34(25-28)43(17,18)19)46-47(44,45,35-22-20-29(38(2,3)4)26-31(35)40(8,9)10)36-23-21-30(39(5,6)7)27-32(36)41(11,12)13/h20-27,44-45H,1-19H3. The molecule has 0 amide bonds. The number of hydrogen-bond donors (Lipinski definition) is 2. The second-order valence-corrected chi connectivity index (χ2v) is 23.2. The fourth-order valence-corrected chi connectivity index (χ4v) is 9.65. The molecule has 0 fully saturated rings. The van der Waals surface area contributed by atoms with Gasteiger partial charge < -0.3 is 0 Å². The summed E-state index contributed by atoms with van der Waals surface area (Å²) in [6, 6.07) is 16.7. The maximum atomic E-state index is 13.9. The molecule has 0 saturated heterocycles. The summed E-state index contributed by atoms with van der Waals surface area (Å²) >= 11 is 0. The molecular weight excluding hydrogens is 595 g/mol. The van der Waals surface area contributed by atoms with Crippen LogP contribution in [0.25, 0.3) is 0 Å². The molecule has 0 aromatic heterocycles. The molecule has 0 unspecified atom stereocenters. The molecule has 0 bridgehead atoms. The van der Waals surface area contributed by atoms with E-state index in [1.807, 2.05) is 12.1 Å². The number of hydrogen-bond acceptors (Lipinski definition) is 3. The summed E-state index contributed by atoms with van der Waals surface area (Å²) in [4.78, 5) is 27.7. The van der Waals surface area contributed by atoms with Crippen LogP contribution >= 0.6 is 7.28 Å². The minimum absolute atomic E-state index is 0.124. The van der Waals surface area contributed by atoms with Crippen LogP contribution in [0, 0.1) is 6.92 Å². The van der Waals surface area contributed by atoms with E-state index in [1.54, 1.807) is 0 Å². The molecule has 0 aliphatic heterocycles. The SMILES string of the molecule is Cc1cc(C(C)(C)C)c(OP(O)(O)(c2ccc(C(C)(C)C)cc2C(C)(C)C)c2ccc(C(C)(C)C)cc2C(C)(C)C)c(C(C)(C)C)c1. The summed E-state index contributed by atoms with van der Waals surface area (Å²) in [5.74, 6) is 0.567. The van der Waals surface area contributed by atoms with Crippen LogP contribution in [-0.2, 0) is 32.5 Å². The summed E-state index contributed by atoms with van der Waals surface area (Å²) in [6.45, 7) is 41.2. The molecule has 3 rings (SSSR count). The van der Waals surface area contributed by atoms with E-state index in [9.17, 15) is 9.79 Å². The Kier molecular flexibility index (Phi) is 9.78. The van der Waals surface area contributed by atoms with E-state index in [2.05, 4.69) is 168 Å². The van der Waals surface area contributed by atoms with Crippen molar-refractivity contribution in [1.82, 2.24) is 0 Å². The van der Waals surface area contributed by atoms with Crippen molar-refractivity contribution in [1.29, 1.82) is 0 Å². The molecule has 0 atom stereocenters. The van der Waals surface area contributed by atoms with E-state index in [1.165, 1.54) is 0 Å². The monoisotopic (exact) mass is 662 g/mol. The van der Waals surface area contributed by atoms with Gasteiger partial charge in [0.05, 0.1) is 0 Å². The van der Waals surface area contributed by atoms with Gasteiger partial charge in [0.15, 0.2) is 0 Å². The summed E-state index contributed by atoms with van der Waals surface area (Å²) in [7, 11) is -5.49. The van der Waals surface area contributed by atoms with E-state index in [4.69, 9.17) is 4.52 Å². The number of rotatable bonds is 4. The molecule has 3 nitrogen and oxygen atoms in total. The van der Waals surface area contributed by atoms with Crippen LogP contribution in [0.1, 0.15) is 164 Å². The average Bonchev–Trinajstić information content (AvgIpc) is 2.85. The minimum atomic E-state index is -5.49. The van der Waals surface area contributed by atoms with E-state index >= 15 is 0 Å². The van der Waals surface area contributed by atoms with Gasteiger partial charge in [-0.15, -0.1) is 0 Å². The fraction of sp³-hybridized carbons (Fsp3) is 0.581. The molecule has 3 aromatic rings. The summed E-state index contributed by atoms with van der Waals surface area (Å²) in [5.41, 5.74) is 5.40. The van der Waals surface area contributed by atoms with Crippen molar-refractivity contribution < 1.29 is 14.3 Å². The van der Waals surface area contributed by atoms with Crippen molar-refractivity contribution in [3.05, 3.63) is 87.5 Å². The van der Waals surface area contributed by atoms with E-state index in [0.29, 0.717) is 16.4 Å². The van der Waals surface area contributed by atoms with Gasteiger partial charge in [0.1, 0.15) is 0 Å². The van der Waals surface area contributed by atoms with Gasteiger partial charge in [0, 0.05) is 0 Å². The van der Waals surface area contributed by atoms with Gasteiger partial charge in [-0.3, -0.25) is 0 Å². The van der Waals surface area contributed by atoms with Crippen molar-refractivity contribution in [2.75, 3.05) is 0 Å². The first-order chi connectivity index (χ1) is 20.7. The number of benzene rings is 3. The average molecular weight is 663 g/mol. The maximum absolute atomic E-state index is 13.9. The van der Waals surface area contributed by atoms with Gasteiger partial charge in [0.2, 0.25) is 0 Å². The topological polar surface area (TPSA) is 49.7 Å². The van der Waals surface area contributed by atoms with Crippen LogP contribution in [0.3, 0.4) is 0 Å². The van der Waals surface area contributed by atoms with Crippen molar-refractivity contribution >= 4 is 17.9 Å². The Labute approximate surface area is 288 Å². The molecule has 47 heavy (non-hydrogen) atoms. The molecule has 3 aromatic carbocycles. The van der Waals surface area contributed by atoms with Crippen molar-refractivity contribution in [2.45, 2.75) is 164 Å². The van der Waals surface area contributed by atoms with E-state index < -0.39 is 18.1 Å². The Morgan fingerprint density at radius 1 is 0.426 bits per heavy atom. The van der Waals surface area contributed by atoms with E-state index in [0.717, 1.165) is 38.9 Å². The first-order valence-electron chi connectivity index (χ1n) is 17.4. The van der Waals surface area contributed by atoms with Crippen LogP contribution < -0.4 is 15.1 Å². The molecule has 0 spiro atoms. The van der Waals surface area contributed by atoms with Crippen LogP contribution in [0.2, 0.25) is 0 Å².